The van der Waals surface area contributed by atoms with Crippen LogP contribution in [0.5, 0.6) is 5.75 Å². The summed E-state index contributed by atoms with van der Waals surface area (Å²) in [6, 6.07) is 15.8. The molecule has 7 nitrogen and oxygen atoms in total. The fourth-order valence-corrected chi connectivity index (χ4v) is 7.72. The van der Waals surface area contributed by atoms with Crippen molar-refractivity contribution in [2.75, 3.05) is 45.3 Å². The molecule has 3 N–H and O–H groups in total. The lowest BCUT2D eigenvalue weighted by atomic mass is 9.73. The highest BCUT2D eigenvalue weighted by Gasteiger charge is 2.67. The van der Waals surface area contributed by atoms with E-state index in [0.717, 1.165) is 69.1 Å². The number of hydrazine groups is 1. The van der Waals surface area contributed by atoms with Crippen LogP contribution in [-0.2, 0) is 21.4 Å². The van der Waals surface area contributed by atoms with E-state index in [4.69, 9.17) is 9.47 Å². The minimum Gasteiger partial charge on any atom is -0.497 e. The van der Waals surface area contributed by atoms with Gasteiger partial charge >= 0.3 is 0 Å². The lowest BCUT2D eigenvalue weighted by Gasteiger charge is -2.33. The van der Waals surface area contributed by atoms with E-state index in [-0.39, 0.29) is 11.3 Å². The number of benzene rings is 2. The molecule has 5 aliphatic rings. The molecule has 0 bridgehead atoms. The van der Waals surface area contributed by atoms with Crippen molar-refractivity contribution in [3.8, 4) is 5.75 Å². The Balaban J connectivity index is 0.943. The molecule has 7 heteroatoms. The first-order chi connectivity index (χ1) is 19.1. The number of nitrogens with zero attached hydrogens (tertiary/aromatic N) is 1. The standard InChI is InChI=1S/C32H40N4O3/c1-38-24-8-11-29-26(19-24)32(31(37)33-29)20-27(32)23-7-9-25-28(34-35-30(25)18-23)10-6-21-2-4-22(5-3-21)12-13-36-14-16-39-17-15-36/h2-6,8,10-11,19,23,25,27-28,30,34-35H,7,9,12-18,20H2,1H3,(H,33,37)/b10-6+/t23?,25?,27-,28?,30?,32-/m0/s1. The number of methoxy groups -OCH3 is 1. The molecule has 0 radical (unpaired) electrons. The van der Waals surface area contributed by atoms with Crippen LogP contribution in [0.1, 0.15) is 42.4 Å². The molecule has 2 aliphatic carbocycles. The van der Waals surface area contributed by atoms with Gasteiger partial charge in [-0.3, -0.25) is 20.5 Å². The molecule has 2 saturated heterocycles. The van der Waals surface area contributed by atoms with Gasteiger partial charge in [-0.2, -0.15) is 0 Å². The summed E-state index contributed by atoms with van der Waals surface area (Å²) in [6.45, 7) is 4.92. The van der Waals surface area contributed by atoms with Crippen LogP contribution < -0.4 is 20.9 Å². The predicted molar refractivity (Wildman–Crippen MR) is 153 cm³/mol. The van der Waals surface area contributed by atoms with Crippen LogP contribution >= 0.6 is 0 Å². The van der Waals surface area contributed by atoms with E-state index in [1.807, 2.05) is 12.1 Å². The molecular formula is C32H40N4O3. The number of carbonyl (C=O) groups is 1. The average Bonchev–Trinajstić information content (AvgIpc) is 3.52. The zero-order valence-electron chi connectivity index (χ0n) is 22.8. The number of ether oxygens (including phenoxy) is 2. The Morgan fingerprint density at radius 2 is 1.95 bits per heavy atom. The van der Waals surface area contributed by atoms with Gasteiger partial charge in [0.2, 0.25) is 5.91 Å². The maximum atomic E-state index is 13.1. The highest BCUT2D eigenvalue weighted by atomic mass is 16.5. The summed E-state index contributed by atoms with van der Waals surface area (Å²) >= 11 is 0. The first-order valence-corrected chi connectivity index (χ1v) is 14.7. The Kier molecular flexibility index (Phi) is 6.71. The lowest BCUT2D eigenvalue weighted by Crippen LogP contribution is -2.37. The monoisotopic (exact) mass is 528 g/mol. The third-order valence-corrected chi connectivity index (χ3v) is 10.1. The van der Waals surface area contributed by atoms with Crippen molar-refractivity contribution in [1.82, 2.24) is 15.8 Å². The molecule has 4 unspecified atom stereocenters. The van der Waals surface area contributed by atoms with E-state index >= 15 is 0 Å². The van der Waals surface area contributed by atoms with Crippen molar-refractivity contribution in [3.63, 3.8) is 0 Å². The molecule has 206 valence electrons. The normalized spacial score (nSPS) is 33.8. The lowest BCUT2D eigenvalue weighted by molar-refractivity contribution is -0.118. The minimum atomic E-state index is -0.346. The highest BCUT2D eigenvalue weighted by molar-refractivity contribution is 6.09. The first-order valence-electron chi connectivity index (χ1n) is 14.7. The van der Waals surface area contributed by atoms with Gasteiger partial charge in [-0.25, -0.2) is 0 Å². The molecule has 39 heavy (non-hydrogen) atoms. The first kappa shape index (κ1) is 25.3. The van der Waals surface area contributed by atoms with Crippen molar-refractivity contribution in [3.05, 3.63) is 65.2 Å². The van der Waals surface area contributed by atoms with Gasteiger partial charge in [0.1, 0.15) is 5.75 Å². The molecule has 6 atom stereocenters. The topological polar surface area (TPSA) is 74.9 Å². The molecule has 7 rings (SSSR count). The number of nitrogens with one attached hydrogen (secondary N) is 3. The number of carbonyl (C=O) groups excluding carboxylic acids is 1. The summed E-state index contributed by atoms with van der Waals surface area (Å²) in [5.41, 5.74) is 11.6. The van der Waals surface area contributed by atoms with E-state index in [9.17, 15) is 4.79 Å². The van der Waals surface area contributed by atoms with Gasteiger partial charge in [0.15, 0.2) is 0 Å². The Morgan fingerprint density at radius 1 is 1.10 bits per heavy atom. The Bertz CT molecular complexity index is 1240. The second-order valence-corrected chi connectivity index (χ2v) is 12.1. The summed E-state index contributed by atoms with van der Waals surface area (Å²) < 4.78 is 10.9. The van der Waals surface area contributed by atoms with Crippen LogP contribution in [-0.4, -0.2) is 62.8 Å². The fourth-order valence-electron chi connectivity index (χ4n) is 7.72. The summed E-state index contributed by atoms with van der Waals surface area (Å²) in [5, 5.41) is 3.14. The van der Waals surface area contributed by atoms with E-state index in [2.05, 4.69) is 63.6 Å². The van der Waals surface area contributed by atoms with E-state index in [0.29, 0.717) is 29.8 Å². The molecule has 0 aromatic heterocycles. The van der Waals surface area contributed by atoms with Crippen LogP contribution in [0.2, 0.25) is 0 Å². The van der Waals surface area contributed by atoms with E-state index in [1.54, 1.807) is 7.11 Å². The minimum absolute atomic E-state index is 0.184. The van der Waals surface area contributed by atoms with Gasteiger partial charge < -0.3 is 14.8 Å². The Morgan fingerprint density at radius 3 is 2.77 bits per heavy atom. The fraction of sp³-hybridized carbons (Fsp3) is 0.531. The van der Waals surface area contributed by atoms with Crippen LogP contribution in [0.4, 0.5) is 5.69 Å². The maximum Gasteiger partial charge on any atom is 0.235 e. The number of amides is 1. The largest absolute Gasteiger partial charge is 0.497 e. The molecule has 4 fully saturated rings. The van der Waals surface area contributed by atoms with Gasteiger partial charge in [0, 0.05) is 37.4 Å². The van der Waals surface area contributed by atoms with Crippen molar-refractivity contribution < 1.29 is 14.3 Å². The molecule has 2 saturated carbocycles. The van der Waals surface area contributed by atoms with Crippen molar-refractivity contribution in [2.45, 2.75) is 49.6 Å². The van der Waals surface area contributed by atoms with Gasteiger partial charge in [-0.1, -0.05) is 36.4 Å². The molecule has 2 aromatic rings. The summed E-state index contributed by atoms with van der Waals surface area (Å²) in [4.78, 5) is 15.6. The molecule has 3 heterocycles. The van der Waals surface area contributed by atoms with Crippen LogP contribution in [0.25, 0.3) is 6.08 Å². The predicted octanol–water partition coefficient (Wildman–Crippen LogP) is 3.75. The molecule has 3 aliphatic heterocycles. The number of rotatable bonds is 7. The van der Waals surface area contributed by atoms with Crippen molar-refractivity contribution >= 4 is 17.7 Å². The SMILES string of the molecule is COc1ccc2c(c1)[C@]1(C[C@H]1C1CCC3C(/C=C/c4ccc(CCN5CCOCC5)cc4)NNC3C1)C(=O)N2. The highest BCUT2D eigenvalue weighted by Crippen LogP contribution is 2.65. The molecule has 1 amide bonds. The second-order valence-electron chi connectivity index (χ2n) is 12.1. The molecule has 2 aromatic carbocycles. The Labute approximate surface area is 231 Å². The zero-order chi connectivity index (χ0) is 26.4. The van der Waals surface area contributed by atoms with E-state index in [1.165, 1.54) is 24.0 Å². The van der Waals surface area contributed by atoms with E-state index < -0.39 is 0 Å². The summed E-state index contributed by atoms with van der Waals surface area (Å²) in [5.74, 6) is 2.59. The summed E-state index contributed by atoms with van der Waals surface area (Å²) in [6.07, 6.45) is 10.1. The maximum absolute atomic E-state index is 13.1. The third-order valence-electron chi connectivity index (χ3n) is 10.1. The summed E-state index contributed by atoms with van der Waals surface area (Å²) in [7, 11) is 1.69. The van der Waals surface area contributed by atoms with Gasteiger partial charge in [0.25, 0.3) is 0 Å². The second kappa shape index (κ2) is 10.4. The number of fused-ring (bicyclic) bond motifs is 3. The number of morpholine rings is 1. The van der Waals surface area contributed by atoms with Crippen LogP contribution in [0, 0.1) is 17.8 Å². The Hall–Kier alpha value is -2.71. The smallest absolute Gasteiger partial charge is 0.235 e. The van der Waals surface area contributed by atoms with Crippen LogP contribution in [0.3, 0.4) is 0 Å². The molecule has 1 spiro atoms. The van der Waals surface area contributed by atoms with Gasteiger partial charge in [0.05, 0.1) is 25.7 Å². The van der Waals surface area contributed by atoms with Crippen molar-refractivity contribution in [2.24, 2.45) is 17.8 Å². The zero-order valence-corrected chi connectivity index (χ0v) is 22.8. The number of anilines is 1. The molecular weight excluding hydrogens is 488 g/mol. The number of hydrogen-bond acceptors (Lipinski definition) is 6. The number of hydrogen-bond donors (Lipinski definition) is 3. The van der Waals surface area contributed by atoms with Gasteiger partial charge in [-0.05, 0) is 84.7 Å². The van der Waals surface area contributed by atoms with Crippen LogP contribution in [0.15, 0.2) is 48.5 Å². The van der Waals surface area contributed by atoms with Gasteiger partial charge in [-0.15, -0.1) is 0 Å². The quantitative estimate of drug-likeness (QED) is 0.508. The average molecular weight is 529 g/mol. The third kappa shape index (κ3) is 4.69. The van der Waals surface area contributed by atoms with Crippen molar-refractivity contribution in [1.29, 1.82) is 0 Å².